The summed E-state index contributed by atoms with van der Waals surface area (Å²) in [5.41, 5.74) is 0.651. The van der Waals surface area contributed by atoms with Crippen molar-refractivity contribution in [1.29, 1.82) is 0 Å². The first-order valence-electron chi connectivity index (χ1n) is 6.95. The van der Waals surface area contributed by atoms with Crippen molar-refractivity contribution in [3.8, 4) is 0 Å². The van der Waals surface area contributed by atoms with Gasteiger partial charge in [-0.2, -0.15) is 13.2 Å². The van der Waals surface area contributed by atoms with E-state index in [4.69, 9.17) is 4.74 Å². The van der Waals surface area contributed by atoms with Crippen LogP contribution < -0.4 is 5.32 Å². The molecule has 2 nitrogen and oxygen atoms in total. The van der Waals surface area contributed by atoms with Crippen LogP contribution in [0, 0.1) is 0 Å². The number of rotatable bonds is 9. The molecule has 0 amide bonds. The second-order valence-electron chi connectivity index (χ2n) is 4.70. The first kappa shape index (κ1) is 17.0. The van der Waals surface area contributed by atoms with Crippen LogP contribution in [0.5, 0.6) is 0 Å². The van der Waals surface area contributed by atoms with Crippen LogP contribution in [0.25, 0.3) is 0 Å². The van der Waals surface area contributed by atoms with Crippen LogP contribution >= 0.6 is 0 Å². The average Bonchev–Trinajstić information content (AvgIpc) is 2.41. The third-order valence-electron chi connectivity index (χ3n) is 2.92. The van der Waals surface area contributed by atoms with Crippen molar-refractivity contribution in [2.45, 2.75) is 38.4 Å². The Hall–Kier alpha value is -1.07. The second kappa shape index (κ2) is 8.97. The van der Waals surface area contributed by atoms with E-state index in [2.05, 4.69) is 12.2 Å². The predicted molar refractivity (Wildman–Crippen MR) is 73.6 cm³/mol. The molecule has 1 aromatic rings. The van der Waals surface area contributed by atoms with Crippen LogP contribution in [0.15, 0.2) is 30.3 Å². The summed E-state index contributed by atoms with van der Waals surface area (Å²) in [4.78, 5) is 0. The van der Waals surface area contributed by atoms with Crippen molar-refractivity contribution < 1.29 is 17.9 Å². The van der Waals surface area contributed by atoms with Crippen LogP contribution in [0.4, 0.5) is 13.2 Å². The molecule has 1 N–H and O–H groups in total. The van der Waals surface area contributed by atoms with Crippen molar-refractivity contribution in [3.63, 3.8) is 0 Å². The molecule has 0 saturated carbocycles. The largest absolute Gasteiger partial charge is 0.390 e. The van der Waals surface area contributed by atoms with Gasteiger partial charge in [0.1, 0.15) is 0 Å². The fraction of sp³-hybridized carbons (Fsp3) is 0.600. The molecule has 0 bridgehead atoms. The quantitative estimate of drug-likeness (QED) is 0.691. The number of nitrogens with one attached hydrogen (secondary N) is 1. The molecule has 0 radical (unpaired) electrons. The number of hydrogen-bond acceptors (Lipinski definition) is 2. The summed E-state index contributed by atoms with van der Waals surface area (Å²) < 4.78 is 43.1. The zero-order valence-electron chi connectivity index (χ0n) is 11.7. The highest BCUT2D eigenvalue weighted by Gasteiger charge is 2.32. The van der Waals surface area contributed by atoms with Gasteiger partial charge in [-0.05, 0) is 12.0 Å². The number of benzene rings is 1. The van der Waals surface area contributed by atoms with Gasteiger partial charge in [0, 0.05) is 19.2 Å². The normalized spacial score (nSPS) is 13.4. The summed E-state index contributed by atoms with van der Waals surface area (Å²) >= 11 is 0. The lowest BCUT2D eigenvalue weighted by atomic mass is 10.0. The van der Waals surface area contributed by atoms with Gasteiger partial charge in [-0.15, -0.1) is 0 Å². The molecule has 1 rings (SSSR count). The standard InChI is InChI=1S/C15H22F3NO/c1-2-3-10-20-11-9-19-14(12-15(16,17)18)13-7-5-4-6-8-13/h4-8,14,19H,2-3,9-12H2,1H3. The van der Waals surface area contributed by atoms with E-state index in [1.807, 2.05) is 0 Å². The van der Waals surface area contributed by atoms with Gasteiger partial charge in [-0.3, -0.25) is 0 Å². The fourth-order valence-electron chi connectivity index (χ4n) is 1.88. The molecule has 0 fully saturated rings. The van der Waals surface area contributed by atoms with E-state index in [0.717, 1.165) is 12.8 Å². The Morgan fingerprint density at radius 3 is 2.45 bits per heavy atom. The van der Waals surface area contributed by atoms with Gasteiger partial charge in [-0.1, -0.05) is 43.7 Å². The fourth-order valence-corrected chi connectivity index (χ4v) is 1.88. The summed E-state index contributed by atoms with van der Waals surface area (Å²) in [5.74, 6) is 0. The number of ether oxygens (including phenoxy) is 1. The Labute approximate surface area is 118 Å². The van der Waals surface area contributed by atoms with Crippen molar-refractivity contribution >= 4 is 0 Å². The Balaban J connectivity index is 2.43. The van der Waals surface area contributed by atoms with Gasteiger partial charge in [0.2, 0.25) is 0 Å². The molecular formula is C15H22F3NO. The smallest absolute Gasteiger partial charge is 0.380 e. The maximum absolute atomic E-state index is 12.6. The van der Waals surface area contributed by atoms with Crippen LogP contribution in [0.3, 0.4) is 0 Å². The van der Waals surface area contributed by atoms with Crippen LogP contribution in [0.2, 0.25) is 0 Å². The van der Waals surface area contributed by atoms with E-state index in [1.165, 1.54) is 0 Å². The average molecular weight is 289 g/mol. The zero-order valence-corrected chi connectivity index (χ0v) is 11.7. The number of hydrogen-bond donors (Lipinski definition) is 1. The van der Waals surface area contributed by atoms with E-state index in [9.17, 15) is 13.2 Å². The minimum Gasteiger partial charge on any atom is -0.380 e. The lowest BCUT2D eigenvalue weighted by Crippen LogP contribution is -2.29. The maximum Gasteiger partial charge on any atom is 0.390 e. The molecule has 0 saturated heterocycles. The lowest BCUT2D eigenvalue weighted by Gasteiger charge is -2.20. The van der Waals surface area contributed by atoms with Gasteiger partial charge in [0.15, 0.2) is 0 Å². The molecule has 1 atom stereocenters. The number of alkyl halides is 3. The third-order valence-corrected chi connectivity index (χ3v) is 2.92. The highest BCUT2D eigenvalue weighted by atomic mass is 19.4. The third kappa shape index (κ3) is 7.50. The Morgan fingerprint density at radius 2 is 1.85 bits per heavy atom. The SMILES string of the molecule is CCCCOCCNC(CC(F)(F)F)c1ccccc1. The van der Waals surface area contributed by atoms with Crippen LogP contribution in [-0.4, -0.2) is 25.9 Å². The van der Waals surface area contributed by atoms with Gasteiger partial charge >= 0.3 is 6.18 Å². The molecular weight excluding hydrogens is 267 g/mol. The topological polar surface area (TPSA) is 21.3 Å². The lowest BCUT2D eigenvalue weighted by molar-refractivity contribution is -0.140. The van der Waals surface area contributed by atoms with E-state index < -0.39 is 18.6 Å². The Bertz CT molecular complexity index is 354. The van der Waals surface area contributed by atoms with Gasteiger partial charge < -0.3 is 10.1 Å². The van der Waals surface area contributed by atoms with Gasteiger partial charge in [0.05, 0.1) is 13.0 Å². The summed E-state index contributed by atoms with van der Waals surface area (Å²) in [6.07, 6.45) is -3.03. The van der Waals surface area contributed by atoms with Crippen LogP contribution in [-0.2, 0) is 4.74 Å². The monoisotopic (exact) mass is 289 g/mol. The summed E-state index contributed by atoms with van der Waals surface area (Å²) in [6.45, 7) is 3.57. The minimum atomic E-state index is -4.18. The van der Waals surface area contributed by atoms with E-state index in [0.29, 0.717) is 25.3 Å². The second-order valence-corrected chi connectivity index (χ2v) is 4.70. The maximum atomic E-state index is 12.6. The van der Waals surface area contributed by atoms with Crippen LogP contribution in [0.1, 0.15) is 37.8 Å². The first-order valence-corrected chi connectivity index (χ1v) is 6.95. The molecule has 1 aromatic carbocycles. The Kier molecular flexibility index (Phi) is 7.62. The molecule has 5 heteroatoms. The minimum absolute atomic E-state index is 0.416. The van der Waals surface area contributed by atoms with Crippen molar-refractivity contribution in [2.24, 2.45) is 0 Å². The van der Waals surface area contributed by atoms with E-state index in [-0.39, 0.29) is 0 Å². The predicted octanol–water partition coefficient (Wildman–Crippen LogP) is 4.09. The molecule has 0 aromatic heterocycles. The molecule has 0 aliphatic heterocycles. The van der Waals surface area contributed by atoms with Crippen molar-refractivity contribution in [2.75, 3.05) is 19.8 Å². The first-order chi connectivity index (χ1) is 9.53. The Morgan fingerprint density at radius 1 is 1.15 bits per heavy atom. The molecule has 20 heavy (non-hydrogen) atoms. The summed E-state index contributed by atoms with van der Waals surface area (Å²) in [6, 6.07) is 7.99. The molecule has 114 valence electrons. The molecule has 0 heterocycles. The van der Waals surface area contributed by atoms with Gasteiger partial charge in [0.25, 0.3) is 0 Å². The van der Waals surface area contributed by atoms with Gasteiger partial charge in [-0.25, -0.2) is 0 Å². The molecule has 1 unspecified atom stereocenters. The van der Waals surface area contributed by atoms with E-state index in [1.54, 1.807) is 30.3 Å². The number of unbranched alkanes of at least 4 members (excludes halogenated alkanes) is 1. The highest BCUT2D eigenvalue weighted by Crippen LogP contribution is 2.29. The van der Waals surface area contributed by atoms with E-state index >= 15 is 0 Å². The summed E-state index contributed by atoms with van der Waals surface area (Å²) in [7, 11) is 0. The highest BCUT2D eigenvalue weighted by molar-refractivity contribution is 5.19. The molecule has 0 aliphatic carbocycles. The molecule has 0 aliphatic rings. The van der Waals surface area contributed by atoms with Crippen molar-refractivity contribution in [3.05, 3.63) is 35.9 Å². The van der Waals surface area contributed by atoms with Crippen molar-refractivity contribution in [1.82, 2.24) is 5.32 Å². The molecule has 0 spiro atoms. The zero-order chi connectivity index (χ0) is 14.8. The summed E-state index contributed by atoms with van der Waals surface area (Å²) in [5, 5.41) is 2.92. The number of halogens is 3.